The van der Waals surface area contributed by atoms with Crippen LogP contribution in [0.5, 0.6) is 11.5 Å². The summed E-state index contributed by atoms with van der Waals surface area (Å²) in [5.41, 5.74) is -0.842. The number of imide groups is 2. The summed E-state index contributed by atoms with van der Waals surface area (Å²) in [4.78, 5) is 127. The minimum Gasteiger partial charge on any atom is -0.461 e. The molecule has 5 aliphatic rings. The lowest BCUT2D eigenvalue weighted by atomic mass is 9.96. The highest BCUT2D eigenvalue weighted by Gasteiger charge is 2.50. The van der Waals surface area contributed by atoms with Crippen molar-refractivity contribution in [3.05, 3.63) is 129 Å². The van der Waals surface area contributed by atoms with Gasteiger partial charge in [-0.05, 0) is 178 Å². The van der Waals surface area contributed by atoms with Gasteiger partial charge in [0.25, 0.3) is 0 Å². The number of benzene rings is 2. The lowest BCUT2D eigenvalue weighted by Gasteiger charge is -2.28. The number of aliphatic hydroxyl groups excluding tert-OH is 2. The summed E-state index contributed by atoms with van der Waals surface area (Å²) in [7, 11) is -8.40. The van der Waals surface area contributed by atoms with E-state index in [0.717, 1.165) is 87.5 Å². The first-order valence-electron chi connectivity index (χ1n) is 37.7. The van der Waals surface area contributed by atoms with Crippen molar-refractivity contribution in [2.24, 2.45) is 11.8 Å². The third-order valence-electron chi connectivity index (χ3n) is 17.7. The molecule has 2 saturated carbocycles. The zero-order valence-corrected chi connectivity index (χ0v) is 72.0. The van der Waals surface area contributed by atoms with Crippen molar-refractivity contribution in [3.63, 3.8) is 0 Å². The maximum Gasteiger partial charge on any atom is 0.459 e. The Bertz CT molecular complexity index is 4500. The van der Waals surface area contributed by atoms with E-state index in [0.29, 0.717) is 9.80 Å². The van der Waals surface area contributed by atoms with Crippen LogP contribution >= 0.6 is 50.8 Å². The molecule has 117 heavy (non-hydrogen) atoms. The van der Waals surface area contributed by atoms with E-state index in [2.05, 4.69) is 25.1 Å². The van der Waals surface area contributed by atoms with Crippen LogP contribution in [-0.2, 0) is 56.2 Å². The molecule has 4 amide bonds. The smallest absolute Gasteiger partial charge is 0.459 e. The molecule has 6 N–H and O–H groups in total. The van der Waals surface area contributed by atoms with E-state index in [1.165, 1.54) is 50.6 Å². The second-order valence-corrected chi connectivity index (χ2v) is 39.6. The molecule has 646 valence electrons. The van der Waals surface area contributed by atoms with Gasteiger partial charge in [-0.1, -0.05) is 50.2 Å². The molecule has 3 aliphatic heterocycles. The molecule has 10 rings (SSSR count). The summed E-state index contributed by atoms with van der Waals surface area (Å²) in [6.07, 6.45) is -2.15. The van der Waals surface area contributed by atoms with Crippen LogP contribution in [0.3, 0.4) is 0 Å². The van der Waals surface area contributed by atoms with Crippen molar-refractivity contribution < 1.29 is 108 Å². The molecule has 6 heterocycles. The highest BCUT2D eigenvalue weighted by molar-refractivity contribution is 8.00. The number of ether oxygens (including phenoxy) is 6. The number of nitrogens with one attached hydrogen (secondary N) is 2. The quantitative estimate of drug-likeness (QED) is 0.0218. The molecule has 2 unspecified atom stereocenters. The number of nitrogen functional groups attached to an aromatic ring is 1. The number of nitrogens with zero attached hydrogens (tertiary/aromatic N) is 8. The fraction of sp³-hybridized carbons (Fsp3) is 0.600. The zero-order chi connectivity index (χ0) is 86.6. The molecule has 0 radical (unpaired) electrons. The monoisotopic (exact) mass is 1740 g/mol. The number of rotatable bonds is 24. The van der Waals surface area contributed by atoms with Crippen LogP contribution in [0.2, 0.25) is 0 Å². The fourth-order valence-electron chi connectivity index (χ4n) is 11.3. The average Bonchev–Trinajstić information content (AvgIpc) is 1.71. The SMILES string of the molecule is C[C@H](NP(=O)(OC[C@H]1S[C@@H](n2ccc(N)nc2=O)[C@@H](F)[C@@H]1O)Oc1ccccc1)C(=O)OC1CCC1.C[C@H]1[C@H](F)[C@H](n2ccc(N(C(=O)OC(C)(C)C)C(=O)OC(C)(C)C)nc2=O)S[C@@H]1CO.C[C@H]1[C@H](F)[C@H](n2ccc(N(C(=O)OC(C)(C)C)C(=O)OC(C)(C)C)nc2=O)S[C@@H]1COP(=O)(N[C@@H](C)C(=O)OC1CCC1)Oc1ccccc1. The van der Waals surface area contributed by atoms with Gasteiger partial charge in [0.15, 0.2) is 17.8 Å². The van der Waals surface area contributed by atoms with Crippen molar-refractivity contribution in [3.8, 4) is 11.5 Å². The predicted molar refractivity (Wildman–Crippen MR) is 431 cm³/mol. The molecule has 34 nitrogen and oxygen atoms in total. The molecular weight excluding hydrogens is 1640 g/mol. The number of anilines is 3. The molecule has 5 aromatic rings. The second kappa shape index (κ2) is 39.9. The van der Waals surface area contributed by atoms with E-state index in [1.807, 2.05) is 0 Å². The van der Waals surface area contributed by atoms with Crippen LogP contribution in [0.1, 0.15) is 165 Å². The van der Waals surface area contributed by atoms with Crippen LogP contribution in [-0.4, -0.2) is 182 Å². The molecule has 42 heteroatoms. The fourth-order valence-corrected chi connectivity index (χ4v) is 19.0. The van der Waals surface area contributed by atoms with Crippen molar-refractivity contribution in [1.82, 2.24) is 38.8 Å². The highest BCUT2D eigenvalue weighted by Crippen LogP contribution is 2.53. The lowest BCUT2D eigenvalue weighted by Crippen LogP contribution is -2.45. The minimum absolute atomic E-state index is 0.00915. The summed E-state index contributed by atoms with van der Waals surface area (Å²) in [5.74, 6) is -2.58. The molecule has 2 aliphatic carbocycles. The molecule has 5 fully saturated rings. The third kappa shape index (κ3) is 26.7. The third-order valence-corrected chi connectivity index (χ3v) is 25.9. The Morgan fingerprint density at radius 1 is 0.521 bits per heavy atom. The molecule has 0 spiro atoms. The summed E-state index contributed by atoms with van der Waals surface area (Å²) in [6.45, 7) is 24.8. The van der Waals surface area contributed by atoms with Crippen molar-refractivity contribution >= 4 is 105 Å². The maximum absolute atomic E-state index is 15.8. The summed E-state index contributed by atoms with van der Waals surface area (Å²) < 4.78 is 131. The Morgan fingerprint density at radius 2 is 0.846 bits per heavy atom. The number of alkyl halides is 3. The van der Waals surface area contributed by atoms with Gasteiger partial charge in [-0.2, -0.15) is 34.9 Å². The van der Waals surface area contributed by atoms with Gasteiger partial charge < -0.3 is 53.4 Å². The summed E-state index contributed by atoms with van der Waals surface area (Å²) in [5, 5.41) is 20.2. The van der Waals surface area contributed by atoms with Crippen LogP contribution in [0.15, 0.2) is 112 Å². The van der Waals surface area contributed by atoms with Crippen LogP contribution in [0, 0.1) is 11.8 Å². The number of thioether (sulfide) groups is 3. The number of carbonyl (C=O) groups excluding carboxylic acids is 6. The maximum atomic E-state index is 15.8. The number of amides is 4. The number of hydrogen-bond acceptors (Lipinski definition) is 30. The first-order valence-corrected chi connectivity index (χ1v) is 43.6. The van der Waals surface area contributed by atoms with Gasteiger partial charge in [-0.15, -0.1) is 35.3 Å². The van der Waals surface area contributed by atoms with Crippen LogP contribution < -0.4 is 51.8 Å². The number of esters is 2. The van der Waals surface area contributed by atoms with Crippen molar-refractivity contribution in [2.75, 3.05) is 35.4 Å². The Kier molecular flexibility index (Phi) is 32.2. The number of carbonyl (C=O) groups is 6. The van der Waals surface area contributed by atoms with E-state index in [4.69, 9.17) is 52.2 Å². The number of para-hydroxylation sites is 2. The largest absolute Gasteiger partial charge is 0.461 e. The number of halogens is 3. The first kappa shape index (κ1) is 94.4. The van der Waals surface area contributed by atoms with Crippen LogP contribution in [0.25, 0.3) is 0 Å². The van der Waals surface area contributed by atoms with Crippen molar-refractivity contribution in [1.29, 1.82) is 0 Å². The van der Waals surface area contributed by atoms with Gasteiger partial charge in [0.05, 0.1) is 25.1 Å². The van der Waals surface area contributed by atoms with E-state index in [9.17, 15) is 71.3 Å². The van der Waals surface area contributed by atoms with Gasteiger partial charge in [0.2, 0.25) is 0 Å². The van der Waals surface area contributed by atoms with E-state index >= 15 is 4.39 Å². The predicted octanol–water partition coefficient (Wildman–Crippen LogP) is 12.7. The average molecular weight is 1740 g/mol. The number of nitrogens with two attached hydrogens (primary N) is 1. The Hall–Kier alpha value is -8.04. The lowest BCUT2D eigenvalue weighted by molar-refractivity contribution is -0.155. The molecule has 16 atom stereocenters. The van der Waals surface area contributed by atoms with Crippen LogP contribution in [0.4, 0.5) is 49.8 Å². The second-order valence-electron chi connectivity index (χ2n) is 32.1. The standard InChI is InChI=1S/C33H46FN4O10PS.C22H28FN4O7PS.C20H30FN3O6S/c1-20-24(19-44-49(43,48-23-13-10-9-11-14-23)36-21(2)28(39)45-22-15-12-16-22)50-27(26(20)34)37-18-17-25(35-29(37)40)38(30(41)46-32(3,4)5)31(42)47-33(6,7)8;1-13(21(29)33-14-8-5-9-14)26-35(31,34-15-6-3-2-4-7-15)32-12-16-19(28)18(23)20(36-16)27-11-10-17(24)25-22(27)30;1-11-12(10-25)31-15(14(11)21)23-9-8-13(22-16(23)26)24(17(27)29-19(2,3)4)18(28)30-20(5,6)7/h9-11,13-14,17-18,20-22,24,26-27H,12,15-16,19H2,1-8H3,(H,36,43);2-4,6-7,10-11,13-14,16,18-20,28H,5,8-9,12H2,1H3,(H,26,31)(H2,24,25,30);8-9,11-12,14-15,25H,10H2,1-7H3/t20-,21+,24-,26+,27-,49?;13-,16+,18-,19+,20+,35?;11-,12-,14+,15-/m101/s1. The Labute approximate surface area is 687 Å². The van der Waals surface area contributed by atoms with Gasteiger partial charge in [-0.25, -0.2) is 55.9 Å². The molecule has 3 saturated heterocycles. The van der Waals surface area contributed by atoms with Gasteiger partial charge in [0.1, 0.15) is 98.6 Å². The van der Waals surface area contributed by atoms with Crippen molar-refractivity contribution in [2.45, 2.75) is 252 Å². The number of aromatic nitrogens is 6. The molecular formula is C75H104F3N11O23P2S3. The minimum atomic E-state index is -4.21. The topological polar surface area (TPSA) is 431 Å². The molecule has 0 bridgehead atoms. The summed E-state index contributed by atoms with van der Waals surface area (Å²) in [6, 6.07) is 18.2. The highest BCUT2D eigenvalue weighted by atomic mass is 32.2. The Morgan fingerprint density at radius 3 is 1.17 bits per heavy atom. The normalized spacial score (nSPS) is 24.3. The summed E-state index contributed by atoms with van der Waals surface area (Å²) >= 11 is 3.12. The number of aliphatic hydroxyl groups is 2. The number of hydrogen-bond donors (Lipinski definition) is 5. The van der Waals surface area contributed by atoms with Gasteiger partial charge in [-0.3, -0.25) is 32.3 Å². The Balaban J connectivity index is 0.000000227. The van der Waals surface area contributed by atoms with Gasteiger partial charge >= 0.3 is 68.9 Å². The van der Waals surface area contributed by atoms with E-state index < -0.39 is 173 Å². The zero-order valence-electron chi connectivity index (χ0n) is 67.7. The van der Waals surface area contributed by atoms with E-state index in [-0.39, 0.29) is 59.6 Å². The molecule has 3 aromatic heterocycles. The van der Waals surface area contributed by atoms with E-state index in [1.54, 1.807) is 158 Å². The first-order chi connectivity index (χ1) is 54.5. The molecule has 2 aromatic carbocycles. The van der Waals surface area contributed by atoms with Gasteiger partial charge in [0, 0.05) is 40.9 Å².